The Bertz CT molecular complexity index is 446. The standard InChI is InChI=1S/C12H15F2N3O/c1-18-6-5-17(4-2-3-15)11-8-9(13)7-10(14)12(11)16/h7-8H,2,4-6,16H2,1H3. The van der Waals surface area contributed by atoms with Gasteiger partial charge in [0.1, 0.15) is 5.82 Å². The van der Waals surface area contributed by atoms with Gasteiger partial charge < -0.3 is 15.4 Å². The van der Waals surface area contributed by atoms with E-state index >= 15 is 0 Å². The molecule has 0 aromatic heterocycles. The van der Waals surface area contributed by atoms with Gasteiger partial charge in [0, 0.05) is 26.3 Å². The summed E-state index contributed by atoms with van der Waals surface area (Å²) in [5, 5.41) is 8.58. The number of nitrogens with two attached hydrogens (primary N) is 1. The predicted molar refractivity (Wildman–Crippen MR) is 65.1 cm³/mol. The van der Waals surface area contributed by atoms with E-state index in [1.54, 1.807) is 4.90 Å². The Kier molecular flexibility index (Phi) is 5.33. The third kappa shape index (κ3) is 3.57. The highest BCUT2D eigenvalue weighted by molar-refractivity contribution is 5.68. The smallest absolute Gasteiger partial charge is 0.151 e. The summed E-state index contributed by atoms with van der Waals surface area (Å²) in [5.74, 6) is -1.50. The molecule has 0 heterocycles. The van der Waals surface area contributed by atoms with Crippen LogP contribution in [0.25, 0.3) is 0 Å². The van der Waals surface area contributed by atoms with Crippen molar-refractivity contribution in [3.8, 4) is 6.07 Å². The van der Waals surface area contributed by atoms with Gasteiger partial charge in [-0.1, -0.05) is 0 Å². The number of anilines is 2. The van der Waals surface area contributed by atoms with Gasteiger partial charge in [-0.25, -0.2) is 8.78 Å². The monoisotopic (exact) mass is 255 g/mol. The molecule has 0 fully saturated rings. The summed E-state index contributed by atoms with van der Waals surface area (Å²) in [7, 11) is 1.53. The number of nitriles is 1. The Balaban J connectivity index is 3.00. The van der Waals surface area contributed by atoms with Gasteiger partial charge in [-0.3, -0.25) is 0 Å². The Morgan fingerprint density at radius 1 is 1.39 bits per heavy atom. The third-order valence-corrected chi connectivity index (χ3v) is 2.47. The summed E-state index contributed by atoms with van der Waals surface area (Å²) in [6, 6.07) is 3.87. The van der Waals surface area contributed by atoms with Gasteiger partial charge in [-0.2, -0.15) is 5.26 Å². The number of rotatable bonds is 6. The Hall–Kier alpha value is -1.87. The first-order chi connectivity index (χ1) is 8.60. The zero-order valence-corrected chi connectivity index (χ0v) is 10.1. The van der Waals surface area contributed by atoms with Crippen molar-refractivity contribution in [1.29, 1.82) is 5.26 Å². The lowest BCUT2D eigenvalue weighted by atomic mass is 10.2. The van der Waals surface area contributed by atoms with Gasteiger partial charge in [0.2, 0.25) is 0 Å². The van der Waals surface area contributed by atoms with Gasteiger partial charge in [-0.15, -0.1) is 0 Å². The van der Waals surface area contributed by atoms with E-state index in [0.717, 1.165) is 12.1 Å². The van der Waals surface area contributed by atoms with Crippen molar-refractivity contribution in [2.24, 2.45) is 0 Å². The summed E-state index contributed by atoms with van der Waals surface area (Å²) in [4.78, 5) is 1.63. The maximum Gasteiger partial charge on any atom is 0.151 e. The summed E-state index contributed by atoms with van der Waals surface area (Å²) in [6.45, 7) is 1.13. The fourth-order valence-corrected chi connectivity index (χ4v) is 1.57. The number of hydrogen-bond acceptors (Lipinski definition) is 4. The largest absolute Gasteiger partial charge is 0.395 e. The molecule has 0 aliphatic heterocycles. The molecule has 0 amide bonds. The van der Waals surface area contributed by atoms with Crippen molar-refractivity contribution in [3.05, 3.63) is 23.8 Å². The number of methoxy groups -OCH3 is 1. The van der Waals surface area contributed by atoms with Crippen molar-refractivity contribution in [3.63, 3.8) is 0 Å². The van der Waals surface area contributed by atoms with Crippen LogP contribution in [0.1, 0.15) is 6.42 Å². The second-order valence-corrected chi connectivity index (χ2v) is 3.71. The molecule has 1 rings (SSSR count). The van der Waals surface area contributed by atoms with E-state index in [9.17, 15) is 8.78 Å². The highest BCUT2D eigenvalue weighted by Crippen LogP contribution is 2.27. The molecule has 0 bridgehead atoms. The SMILES string of the molecule is COCCN(CCC#N)c1cc(F)cc(F)c1N. The maximum atomic E-state index is 13.4. The molecule has 0 saturated carbocycles. The van der Waals surface area contributed by atoms with E-state index in [1.807, 2.05) is 6.07 Å². The zero-order chi connectivity index (χ0) is 13.5. The molecular weight excluding hydrogens is 240 g/mol. The topological polar surface area (TPSA) is 62.3 Å². The first kappa shape index (κ1) is 14.2. The molecule has 0 saturated heterocycles. The molecule has 0 spiro atoms. The molecule has 0 aliphatic rings. The maximum absolute atomic E-state index is 13.4. The average Bonchev–Trinajstić information content (AvgIpc) is 2.34. The second kappa shape index (κ2) is 6.77. The van der Waals surface area contributed by atoms with Crippen LogP contribution in [0, 0.1) is 23.0 Å². The molecule has 0 aliphatic carbocycles. The number of halogens is 2. The molecule has 2 N–H and O–H groups in total. The van der Waals surface area contributed by atoms with Gasteiger partial charge >= 0.3 is 0 Å². The van der Waals surface area contributed by atoms with Crippen LogP contribution in [0.3, 0.4) is 0 Å². The minimum absolute atomic E-state index is 0.120. The van der Waals surface area contributed by atoms with E-state index in [2.05, 4.69) is 0 Å². The summed E-state index contributed by atoms with van der Waals surface area (Å²) >= 11 is 0. The number of nitrogen functional groups attached to an aromatic ring is 1. The quantitative estimate of drug-likeness (QED) is 0.789. The summed E-state index contributed by atoms with van der Waals surface area (Å²) in [6.07, 6.45) is 0.237. The molecule has 18 heavy (non-hydrogen) atoms. The summed E-state index contributed by atoms with van der Waals surface area (Å²) in [5.41, 5.74) is 5.72. The lowest BCUT2D eigenvalue weighted by molar-refractivity contribution is 0.205. The van der Waals surface area contributed by atoms with E-state index in [0.29, 0.717) is 19.7 Å². The van der Waals surface area contributed by atoms with Crippen molar-refractivity contribution < 1.29 is 13.5 Å². The Labute approximate surface area is 105 Å². The van der Waals surface area contributed by atoms with Crippen molar-refractivity contribution in [2.45, 2.75) is 6.42 Å². The Morgan fingerprint density at radius 3 is 2.72 bits per heavy atom. The molecule has 0 radical (unpaired) electrons. The van der Waals surface area contributed by atoms with Gasteiger partial charge in [0.05, 0.1) is 30.5 Å². The lowest BCUT2D eigenvalue weighted by Crippen LogP contribution is -2.29. The van der Waals surface area contributed by atoms with Crippen LogP contribution in [0.15, 0.2) is 12.1 Å². The van der Waals surface area contributed by atoms with Crippen LogP contribution in [0.4, 0.5) is 20.2 Å². The molecular formula is C12H15F2N3O. The summed E-state index contributed by atoms with van der Waals surface area (Å²) < 4.78 is 31.5. The van der Waals surface area contributed by atoms with Crippen LogP contribution in [-0.4, -0.2) is 26.8 Å². The van der Waals surface area contributed by atoms with Crippen LogP contribution in [-0.2, 0) is 4.74 Å². The van der Waals surface area contributed by atoms with Crippen molar-refractivity contribution >= 4 is 11.4 Å². The minimum atomic E-state index is -0.802. The Morgan fingerprint density at radius 2 is 2.11 bits per heavy atom. The zero-order valence-electron chi connectivity index (χ0n) is 10.1. The molecule has 98 valence electrons. The first-order valence-corrected chi connectivity index (χ1v) is 5.45. The van der Waals surface area contributed by atoms with Crippen LogP contribution in [0.2, 0.25) is 0 Å². The van der Waals surface area contributed by atoms with Crippen molar-refractivity contribution in [2.75, 3.05) is 37.4 Å². The van der Waals surface area contributed by atoms with E-state index in [1.165, 1.54) is 7.11 Å². The van der Waals surface area contributed by atoms with E-state index in [4.69, 9.17) is 15.7 Å². The molecule has 4 nitrogen and oxygen atoms in total. The molecule has 1 aromatic carbocycles. The number of benzene rings is 1. The predicted octanol–water partition coefficient (Wildman–Crippen LogP) is 1.91. The molecule has 6 heteroatoms. The normalized spacial score (nSPS) is 10.1. The molecule has 0 atom stereocenters. The first-order valence-electron chi connectivity index (χ1n) is 5.45. The molecule has 0 unspecified atom stereocenters. The highest BCUT2D eigenvalue weighted by Gasteiger charge is 2.14. The van der Waals surface area contributed by atoms with Crippen molar-refractivity contribution in [1.82, 2.24) is 0 Å². The van der Waals surface area contributed by atoms with Crippen LogP contribution >= 0.6 is 0 Å². The van der Waals surface area contributed by atoms with Crippen LogP contribution < -0.4 is 10.6 Å². The fraction of sp³-hybridized carbons (Fsp3) is 0.417. The number of nitrogens with zero attached hydrogens (tertiary/aromatic N) is 2. The van der Waals surface area contributed by atoms with Crippen LogP contribution in [0.5, 0.6) is 0 Å². The van der Waals surface area contributed by atoms with Gasteiger partial charge in [0.25, 0.3) is 0 Å². The van der Waals surface area contributed by atoms with E-state index < -0.39 is 11.6 Å². The molecule has 1 aromatic rings. The second-order valence-electron chi connectivity index (χ2n) is 3.71. The highest BCUT2D eigenvalue weighted by atomic mass is 19.1. The fourth-order valence-electron chi connectivity index (χ4n) is 1.57. The third-order valence-electron chi connectivity index (χ3n) is 2.47. The van der Waals surface area contributed by atoms with Gasteiger partial charge in [-0.05, 0) is 6.07 Å². The average molecular weight is 255 g/mol. The minimum Gasteiger partial charge on any atom is -0.395 e. The lowest BCUT2D eigenvalue weighted by Gasteiger charge is -2.25. The number of hydrogen-bond donors (Lipinski definition) is 1. The van der Waals surface area contributed by atoms with E-state index in [-0.39, 0.29) is 17.8 Å². The number of ether oxygens (including phenoxy) is 1. The van der Waals surface area contributed by atoms with Gasteiger partial charge in [0.15, 0.2) is 5.82 Å².